The predicted molar refractivity (Wildman–Crippen MR) is 104 cm³/mol. The van der Waals surface area contributed by atoms with Crippen LogP contribution in [0.5, 0.6) is 5.75 Å². The third-order valence-electron chi connectivity index (χ3n) is 4.82. The Kier molecular flexibility index (Phi) is 6.72. The normalized spacial score (nSPS) is 17.1. The molecule has 0 amide bonds. The molecule has 6 heteroatoms. The molecule has 0 heterocycles. The molecular formula is C21H24ClNO4. The zero-order valence-corrected chi connectivity index (χ0v) is 16.0. The van der Waals surface area contributed by atoms with Gasteiger partial charge >= 0.3 is 5.97 Å². The van der Waals surface area contributed by atoms with Crippen LogP contribution in [0, 0.1) is 0 Å². The molecule has 0 unspecified atom stereocenters. The molecule has 0 bridgehead atoms. The van der Waals surface area contributed by atoms with E-state index in [2.05, 4.69) is 16.1 Å². The molecule has 0 saturated heterocycles. The van der Waals surface area contributed by atoms with Crippen molar-refractivity contribution in [3.8, 4) is 5.75 Å². The molecular weight excluding hydrogens is 366 g/mol. The summed E-state index contributed by atoms with van der Waals surface area (Å²) in [5, 5.41) is 14.4. The molecule has 0 radical (unpaired) electrons. The van der Waals surface area contributed by atoms with Gasteiger partial charge in [0.1, 0.15) is 5.75 Å². The molecule has 0 saturated carbocycles. The summed E-state index contributed by atoms with van der Waals surface area (Å²) < 4.78 is 10.1. The second-order valence-corrected chi connectivity index (χ2v) is 7.15. The fraction of sp³-hybridized carbons (Fsp3) is 0.381. The Bertz CT molecular complexity index is 796. The molecule has 0 fully saturated rings. The van der Waals surface area contributed by atoms with Gasteiger partial charge in [0.15, 0.2) is 6.61 Å². The molecule has 1 aliphatic carbocycles. The van der Waals surface area contributed by atoms with Gasteiger partial charge < -0.3 is 19.9 Å². The van der Waals surface area contributed by atoms with Gasteiger partial charge in [0.2, 0.25) is 0 Å². The van der Waals surface area contributed by atoms with Gasteiger partial charge in [-0.05, 0) is 60.2 Å². The number of fused-ring (bicyclic) bond motifs is 1. The molecule has 0 aromatic heterocycles. The number of aryl methyl sites for hydroxylation is 1. The second kappa shape index (κ2) is 9.22. The van der Waals surface area contributed by atoms with Crippen LogP contribution in [0.1, 0.15) is 29.2 Å². The summed E-state index contributed by atoms with van der Waals surface area (Å²) in [4.78, 5) is 11.2. The van der Waals surface area contributed by atoms with E-state index in [0.717, 1.165) is 24.8 Å². The number of carbonyl (C=O) groups is 1. The molecule has 2 N–H and O–H groups in total. The summed E-state index contributed by atoms with van der Waals surface area (Å²) in [5.41, 5.74) is 3.32. The van der Waals surface area contributed by atoms with Gasteiger partial charge in [0.25, 0.3) is 0 Å². The zero-order valence-electron chi connectivity index (χ0n) is 15.3. The molecule has 144 valence electrons. The summed E-state index contributed by atoms with van der Waals surface area (Å²) in [7, 11) is 1.34. The number of esters is 1. The Morgan fingerprint density at radius 1 is 1.30 bits per heavy atom. The number of hydrogen-bond acceptors (Lipinski definition) is 5. The van der Waals surface area contributed by atoms with Gasteiger partial charge in [0, 0.05) is 17.6 Å². The number of carbonyl (C=O) groups excluding carboxylic acids is 1. The van der Waals surface area contributed by atoms with Crippen molar-refractivity contribution >= 4 is 17.6 Å². The minimum Gasteiger partial charge on any atom is -0.482 e. The van der Waals surface area contributed by atoms with Crippen LogP contribution < -0.4 is 10.1 Å². The van der Waals surface area contributed by atoms with E-state index in [1.807, 2.05) is 24.3 Å². The minimum absolute atomic E-state index is 0.0945. The van der Waals surface area contributed by atoms with Crippen LogP contribution in [-0.4, -0.2) is 37.4 Å². The largest absolute Gasteiger partial charge is 0.482 e. The number of aliphatic hydroxyl groups excluding tert-OH is 1. The van der Waals surface area contributed by atoms with Crippen molar-refractivity contribution < 1.29 is 19.4 Å². The first-order valence-corrected chi connectivity index (χ1v) is 9.41. The highest BCUT2D eigenvalue weighted by Crippen LogP contribution is 2.26. The van der Waals surface area contributed by atoms with Crippen molar-refractivity contribution in [2.24, 2.45) is 0 Å². The van der Waals surface area contributed by atoms with Crippen molar-refractivity contribution in [2.75, 3.05) is 20.3 Å². The lowest BCUT2D eigenvalue weighted by Gasteiger charge is -2.27. The molecule has 3 rings (SSSR count). The van der Waals surface area contributed by atoms with Gasteiger partial charge in [-0.25, -0.2) is 4.79 Å². The van der Waals surface area contributed by atoms with Gasteiger partial charge in [-0.15, -0.1) is 0 Å². The molecule has 27 heavy (non-hydrogen) atoms. The predicted octanol–water partition coefficient (Wildman–Crippen LogP) is 3.07. The lowest BCUT2D eigenvalue weighted by atomic mass is 9.88. The SMILES string of the molecule is COC(=O)COc1ccc2c(c1)C[C@H](NC[C@H](O)c1cccc(Cl)c1)CC2. The number of rotatable bonds is 7. The van der Waals surface area contributed by atoms with Crippen LogP contribution in [0.4, 0.5) is 0 Å². The summed E-state index contributed by atoms with van der Waals surface area (Å²) >= 11 is 5.99. The van der Waals surface area contributed by atoms with Crippen LogP contribution >= 0.6 is 11.6 Å². The van der Waals surface area contributed by atoms with Crippen molar-refractivity contribution in [1.29, 1.82) is 0 Å². The Morgan fingerprint density at radius 3 is 2.93 bits per heavy atom. The number of nitrogens with one attached hydrogen (secondary N) is 1. The standard InChI is InChI=1S/C21H24ClNO4/c1-26-21(25)13-27-19-8-6-14-5-7-18(10-16(14)11-19)23-12-20(24)15-3-2-4-17(22)9-15/h2-4,6,8-9,11,18,20,23-24H,5,7,10,12-13H2,1H3/t18-,20+/m1/s1. The first kappa shape index (κ1) is 19.7. The van der Waals surface area contributed by atoms with E-state index in [1.165, 1.54) is 18.2 Å². The minimum atomic E-state index is -0.597. The lowest BCUT2D eigenvalue weighted by molar-refractivity contribution is -0.142. The number of aliphatic hydroxyl groups is 1. The van der Waals surface area contributed by atoms with Gasteiger partial charge in [0.05, 0.1) is 13.2 Å². The number of benzene rings is 2. The maximum atomic E-state index is 11.2. The van der Waals surface area contributed by atoms with E-state index in [4.69, 9.17) is 16.3 Å². The smallest absolute Gasteiger partial charge is 0.343 e. The maximum absolute atomic E-state index is 11.2. The molecule has 2 aromatic carbocycles. The molecule has 1 aliphatic rings. The summed E-state index contributed by atoms with van der Waals surface area (Å²) in [6.07, 6.45) is 2.24. The Morgan fingerprint density at radius 2 is 2.15 bits per heavy atom. The highest BCUT2D eigenvalue weighted by atomic mass is 35.5. The van der Waals surface area contributed by atoms with Gasteiger partial charge in [-0.1, -0.05) is 29.8 Å². The van der Waals surface area contributed by atoms with Crippen molar-refractivity contribution in [1.82, 2.24) is 5.32 Å². The molecule has 0 aliphatic heterocycles. The number of ether oxygens (including phenoxy) is 2. The first-order chi connectivity index (χ1) is 13.0. The Balaban J connectivity index is 1.56. The number of halogens is 1. The van der Waals surface area contributed by atoms with Crippen LogP contribution in [0.2, 0.25) is 5.02 Å². The summed E-state index contributed by atoms with van der Waals surface area (Å²) in [6.45, 7) is 0.377. The third-order valence-corrected chi connectivity index (χ3v) is 5.06. The van der Waals surface area contributed by atoms with Crippen LogP contribution in [-0.2, 0) is 22.4 Å². The summed E-state index contributed by atoms with van der Waals surface area (Å²) in [5.74, 6) is 0.265. The van der Waals surface area contributed by atoms with E-state index in [0.29, 0.717) is 17.3 Å². The lowest BCUT2D eigenvalue weighted by Crippen LogP contribution is -2.37. The van der Waals surface area contributed by atoms with Crippen molar-refractivity contribution in [2.45, 2.75) is 31.4 Å². The Hall–Kier alpha value is -2.08. The van der Waals surface area contributed by atoms with Gasteiger partial charge in [-0.2, -0.15) is 0 Å². The van der Waals surface area contributed by atoms with E-state index in [9.17, 15) is 9.90 Å². The molecule has 2 aromatic rings. The molecule has 0 spiro atoms. The quantitative estimate of drug-likeness (QED) is 0.712. The van der Waals surface area contributed by atoms with Crippen LogP contribution in [0.3, 0.4) is 0 Å². The Labute approximate surface area is 164 Å². The van der Waals surface area contributed by atoms with E-state index >= 15 is 0 Å². The van der Waals surface area contributed by atoms with Crippen molar-refractivity contribution in [3.63, 3.8) is 0 Å². The number of hydrogen-bond donors (Lipinski definition) is 2. The second-order valence-electron chi connectivity index (χ2n) is 6.71. The van der Waals surface area contributed by atoms with Crippen LogP contribution in [0.15, 0.2) is 42.5 Å². The molecule has 2 atom stereocenters. The monoisotopic (exact) mass is 389 g/mol. The highest BCUT2D eigenvalue weighted by molar-refractivity contribution is 6.30. The number of methoxy groups -OCH3 is 1. The first-order valence-electron chi connectivity index (χ1n) is 9.03. The maximum Gasteiger partial charge on any atom is 0.343 e. The van der Waals surface area contributed by atoms with E-state index in [-0.39, 0.29) is 12.6 Å². The van der Waals surface area contributed by atoms with Crippen LogP contribution in [0.25, 0.3) is 0 Å². The molecule has 5 nitrogen and oxygen atoms in total. The fourth-order valence-electron chi connectivity index (χ4n) is 3.31. The fourth-order valence-corrected chi connectivity index (χ4v) is 3.51. The average molecular weight is 390 g/mol. The van der Waals surface area contributed by atoms with E-state index in [1.54, 1.807) is 12.1 Å². The van der Waals surface area contributed by atoms with Gasteiger partial charge in [-0.3, -0.25) is 0 Å². The zero-order chi connectivity index (χ0) is 19.2. The highest BCUT2D eigenvalue weighted by Gasteiger charge is 2.20. The van der Waals surface area contributed by atoms with E-state index < -0.39 is 12.1 Å². The summed E-state index contributed by atoms with van der Waals surface area (Å²) in [6, 6.07) is 13.5. The average Bonchev–Trinajstić information content (AvgIpc) is 2.69. The van der Waals surface area contributed by atoms with Crippen molar-refractivity contribution in [3.05, 3.63) is 64.2 Å². The topological polar surface area (TPSA) is 67.8 Å². The third kappa shape index (κ3) is 5.45.